The number of hydrogen-bond donors (Lipinski definition) is 8. The van der Waals surface area contributed by atoms with Gasteiger partial charge in [-0.25, -0.2) is 9.59 Å². The van der Waals surface area contributed by atoms with Crippen molar-refractivity contribution in [2.45, 2.75) is 93.7 Å². The molecule has 21 heteroatoms. The molecule has 2 aliphatic carbocycles. The van der Waals surface area contributed by atoms with E-state index in [1.165, 1.54) is 15.9 Å². The normalized spacial score (nSPS) is 24.3. The number of nitrogens with one attached hydrogen (secondary N) is 5. The predicted molar refractivity (Wildman–Crippen MR) is 231 cm³/mol. The molecule has 0 radical (unpaired) electrons. The fourth-order valence-corrected chi connectivity index (χ4v) is 10.3. The van der Waals surface area contributed by atoms with Crippen LogP contribution in [0.4, 0.5) is 9.59 Å². The summed E-state index contributed by atoms with van der Waals surface area (Å²) in [5.41, 5.74) is 3.25. The molecule has 0 bridgehead atoms. The average molecular weight is 897 g/mol. The summed E-state index contributed by atoms with van der Waals surface area (Å²) in [6.45, 7) is 6.66. The van der Waals surface area contributed by atoms with E-state index in [9.17, 15) is 47.5 Å². The van der Waals surface area contributed by atoms with Crippen molar-refractivity contribution in [3.05, 3.63) is 65.1 Å². The lowest BCUT2D eigenvalue weighted by Gasteiger charge is -2.37. The fourth-order valence-electron chi connectivity index (χ4n) is 8.40. The highest BCUT2D eigenvalue weighted by molar-refractivity contribution is 8.23. The van der Waals surface area contributed by atoms with E-state index in [1.54, 1.807) is 26.1 Å². The number of pyridine rings is 1. The molecular weight excluding hydrogens is 841 g/mol. The molecule has 2 aromatic rings. The van der Waals surface area contributed by atoms with Gasteiger partial charge in [0.2, 0.25) is 23.6 Å². The number of fused-ring (bicyclic) bond motifs is 1. The van der Waals surface area contributed by atoms with Gasteiger partial charge in [0.25, 0.3) is 11.5 Å². The zero-order chi connectivity index (χ0) is 45.7. The number of likely N-dealkylation sites (tertiary alicyclic amines) is 2. The van der Waals surface area contributed by atoms with E-state index >= 15 is 0 Å². The first-order valence-electron chi connectivity index (χ1n) is 20.9. The topological polar surface area (TPSA) is 292 Å². The van der Waals surface area contributed by atoms with Crippen LogP contribution in [0.5, 0.6) is 0 Å². The highest BCUT2D eigenvalue weighted by atomic mass is 32.3. The molecule has 4 fully saturated rings. The van der Waals surface area contributed by atoms with Crippen LogP contribution in [0.25, 0.3) is 16.8 Å². The number of primary amides is 1. The summed E-state index contributed by atoms with van der Waals surface area (Å²) in [6.07, 6.45) is 8.33. The van der Waals surface area contributed by atoms with E-state index in [-0.39, 0.29) is 31.6 Å². The minimum absolute atomic E-state index is 0.0875. The van der Waals surface area contributed by atoms with Crippen LogP contribution in [0.1, 0.15) is 70.8 Å². The van der Waals surface area contributed by atoms with Crippen molar-refractivity contribution >= 4 is 69.3 Å². The van der Waals surface area contributed by atoms with Crippen molar-refractivity contribution in [3.63, 3.8) is 0 Å². The summed E-state index contributed by atoms with van der Waals surface area (Å²) < 4.78 is 35.4. The van der Waals surface area contributed by atoms with Gasteiger partial charge in [-0.1, -0.05) is 30.4 Å². The molecule has 342 valence electrons. The summed E-state index contributed by atoms with van der Waals surface area (Å²) in [6, 6.07) is 5.68. The number of H-pyrrole nitrogens is 1. The molecular formula is C42H56N8O12S. The quantitative estimate of drug-likeness (QED) is 0.0790. The number of nitrogens with two attached hydrogens (primary N) is 1. The Hall–Kier alpha value is -5.93. The molecule has 6 atom stereocenters. The molecule has 2 saturated heterocycles. The Morgan fingerprint density at radius 1 is 1.00 bits per heavy atom. The fraction of sp³-hybridized carbons (Fsp3) is 0.524. The third kappa shape index (κ3) is 11.0. The van der Waals surface area contributed by atoms with Crippen LogP contribution < -0.4 is 32.0 Å². The van der Waals surface area contributed by atoms with E-state index < -0.39 is 106 Å². The van der Waals surface area contributed by atoms with Gasteiger partial charge >= 0.3 is 12.2 Å². The van der Waals surface area contributed by atoms with Gasteiger partial charge in [0, 0.05) is 36.5 Å². The number of amides is 7. The van der Waals surface area contributed by atoms with Gasteiger partial charge in [0.05, 0.1) is 11.9 Å². The first-order chi connectivity index (χ1) is 29.9. The SMILES string of the molecule is C=CC1CC1(NC(=O)C1CCCN1C(=O)CNC(=O)OCCCC=Cc1ccc2cc[nH]c(=O)c2c1)C(=O)NS(O)(O)C1CC1C(C)(C)OC(=O)NCC(=O)N1CCCC1C(N)=O. The summed E-state index contributed by atoms with van der Waals surface area (Å²) in [5, 5.41) is 8.05. The Bertz CT molecular complexity index is 2230. The molecule has 20 nitrogen and oxygen atoms in total. The maximum Gasteiger partial charge on any atom is 0.408 e. The monoisotopic (exact) mass is 896 g/mol. The zero-order valence-electron chi connectivity index (χ0n) is 35.3. The van der Waals surface area contributed by atoms with Crippen LogP contribution in [0.15, 0.2) is 54.0 Å². The first kappa shape index (κ1) is 46.6. The summed E-state index contributed by atoms with van der Waals surface area (Å²) in [4.78, 5) is 107. The van der Waals surface area contributed by atoms with Gasteiger partial charge < -0.3 is 45.9 Å². The minimum Gasteiger partial charge on any atom is -0.450 e. The van der Waals surface area contributed by atoms with E-state index in [4.69, 9.17) is 15.2 Å². The number of carbonyl (C=O) groups is 7. The van der Waals surface area contributed by atoms with Crippen molar-refractivity contribution in [1.29, 1.82) is 0 Å². The number of aromatic amines is 1. The number of alkyl carbamates (subject to hydrolysis) is 2. The molecule has 6 unspecified atom stereocenters. The average Bonchev–Trinajstić information content (AvgIpc) is 4.07. The second-order valence-electron chi connectivity index (χ2n) is 16.8. The van der Waals surface area contributed by atoms with Gasteiger partial charge in [0.1, 0.15) is 36.3 Å². The van der Waals surface area contributed by atoms with Crippen molar-refractivity contribution in [2.24, 2.45) is 17.6 Å². The van der Waals surface area contributed by atoms with Gasteiger partial charge in [-0.3, -0.25) is 42.6 Å². The zero-order valence-corrected chi connectivity index (χ0v) is 36.1. The van der Waals surface area contributed by atoms with Crippen LogP contribution in [0.3, 0.4) is 0 Å². The van der Waals surface area contributed by atoms with Gasteiger partial charge in [-0.2, -0.15) is 0 Å². The molecule has 2 aliphatic heterocycles. The number of rotatable bonds is 18. The van der Waals surface area contributed by atoms with E-state index in [0.717, 1.165) is 10.9 Å². The van der Waals surface area contributed by atoms with E-state index in [2.05, 4.69) is 32.2 Å². The Labute approximate surface area is 365 Å². The Morgan fingerprint density at radius 2 is 1.67 bits per heavy atom. The number of unbranched alkanes of at least 4 members (excludes halogenated alkanes) is 1. The molecule has 3 heterocycles. The van der Waals surface area contributed by atoms with Crippen LogP contribution in [0, 0.1) is 11.8 Å². The number of nitrogens with zero attached hydrogens (tertiary/aromatic N) is 2. The molecule has 63 heavy (non-hydrogen) atoms. The lowest BCUT2D eigenvalue weighted by molar-refractivity contribution is -0.139. The van der Waals surface area contributed by atoms with Crippen molar-refractivity contribution < 1.29 is 52.1 Å². The number of aromatic nitrogens is 1. The second kappa shape index (κ2) is 19.2. The molecule has 2 saturated carbocycles. The van der Waals surface area contributed by atoms with Crippen LogP contribution in [-0.2, 0) is 33.4 Å². The Balaban J connectivity index is 0.926. The van der Waals surface area contributed by atoms with Gasteiger partial charge in [-0.15, -0.1) is 17.4 Å². The van der Waals surface area contributed by atoms with Crippen LogP contribution in [-0.4, -0.2) is 127 Å². The molecule has 0 spiro atoms. The Morgan fingerprint density at radius 3 is 2.33 bits per heavy atom. The van der Waals surface area contributed by atoms with Crippen molar-refractivity contribution in [2.75, 3.05) is 32.8 Å². The maximum absolute atomic E-state index is 13.7. The van der Waals surface area contributed by atoms with Gasteiger partial charge in [0.15, 0.2) is 0 Å². The highest BCUT2D eigenvalue weighted by Gasteiger charge is 2.63. The van der Waals surface area contributed by atoms with Crippen molar-refractivity contribution in [3.8, 4) is 0 Å². The van der Waals surface area contributed by atoms with E-state index in [0.29, 0.717) is 50.5 Å². The lowest BCUT2D eigenvalue weighted by atomic mass is 10.0. The maximum atomic E-state index is 13.7. The molecule has 9 N–H and O–H groups in total. The largest absolute Gasteiger partial charge is 0.450 e. The number of benzene rings is 1. The van der Waals surface area contributed by atoms with Crippen LogP contribution in [0.2, 0.25) is 0 Å². The number of allylic oxidation sites excluding steroid dienone is 1. The molecule has 1 aromatic carbocycles. The van der Waals surface area contributed by atoms with Crippen molar-refractivity contribution in [1.82, 2.24) is 35.5 Å². The molecule has 1 aromatic heterocycles. The smallest absolute Gasteiger partial charge is 0.408 e. The highest BCUT2D eigenvalue weighted by Crippen LogP contribution is 2.61. The Kier molecular flexibility index (Phi) is 14.2. The molecule has 4 aliphatic rings. The summed E-state index contributed by atoms with van der Waals surface area (Å²) >= 11 is 0. The second-order valence-corrected chi connectivity index (χ2v) is 18.8. The summed E-state index contributed by atoms with van der Waals surface area (Å²) in [5.74, 6) is -4.26. The molecule has 7 amide bonds. The lowest BCUT2D eigenvalue weighted by Crippen LogP contribution is -2.56. The van der Waals surface area contributed by atoms with Crippen LogP contribution >= 0.6 is 10.8 Å². The van der Waals surface area contributed by atoms with Gasteiger partial charge in [-0.05, 0) is 88.3 Å². The standard InChI is InChI=1S/C42H56N8O12S/c1-4-27-22-42(27,38(56)48-63(59,60)32-21-29(32)41(2,3)62-40(58)46-24-33(51)49-17-8-11-30(49)35(43)53)47-37(55)31-12-9-18-50(31)34(52)23-45-39(57)61-19-7-5-6-10-25-13-14-26-15-16-44-36(54)28(26)20-25/h4,6,10,13-16,20,27,29-32,59-60H,1,5,7-9,11-12,17-19,21-24H2,2-3H3,(H2,43,53)(H,44,54)(H,45,57)(H,46,58)(H,47,55)(H,48,56). The number of carbonyl (C=O) groups excluding carboxylic acids is 7. The van der Waals surface area contributed by atoms with E-state index in [1.807, 2.05) is 30.4 Å². The first-order valence-corrected chi connectivity index (χ1v) is 22.6. The number of hydrogen-bond acceptors (Lipinski definition) is 12. The minimum atomic E-state index is -3.84. The molecule has 6 rings (SSSR count). The summed E-state index contributed by atoms with van der Waals surface area (Å²) in [7, 11) is -3.84. The number of ether oxygens (including phenoxy) is 2. The third-order valence-electron chi connectivity index (χ3n) is 12.1. The third-order valence-corrected chi connectivity index (χ3v) is 14.0. The predicted octanol–water partition coefficient (Wildman–Crippen LogP) is 2.25.